The average molecular weight is 512 g/mol. The van der Waals surface area contributed by atoms with E-state index in [1.807, 2.05) is 6.92 Å². The second-order valence-electron chi connectivity index (χ2n) is 7.25. The number of benzene rings is 3. The van der Waals surface area contributed by atoms with Crippen molar-refractivity contribution in [3.63, 3.8) is 0 Å². The van der Waals surface area contributed by atoms with Gasteiger partial charge in [0, 0.05) is 32.9 Å². The summed E-state index contributed by atoms with van der Waals surface area (Å²) in [4.78, 5) is 12.9. The summed E-state index contributed by atoms with van der Waals surface area (Å²) in [5.41, 5.74) is 2.52. The van der Waals surface area contributed by atoms with Gasteiger partial charge in [0.1, 0.15) is 0 Å². The Kier molecular flexibility index (Phi) is 7.85. The molecule has 0 radical (unpaired) electrons. The molecule has 5 nitrogen and oxygen atoms in total. The molecule has 0 saturated carbocycles. The maximum Gasteiger partial charge on any atom is 0.243 e. The molecule has 0 saturated heterocycles. The molecule has 0 aliphatic rings. The molecule has 3 aromatic carbocycles. The monoisotopic (exact) mass is 510 g/mol. The van der Waals surface area contributed by atoms with Crippen molar-refractivity contribution in [2.45, 2.75) is 25.3 Å². The molecule has 0 heterocycles. The summed E-state index contributed by atoms with van der Waals surface area (Å²) in [5.74, 6) is -0.519. The molecule has 3 rings (SSSR count). The van der Waals surface area contributed by atoms with Crippen molar-refractivity contribution in [1.29, 1.82) is 0 Å². The molecule has 1 N–H and O–H groups in total. The Morgan fingerprint density at radius 2 is 1.44 bits per heavy atom. The largest absolute Gasteiger partial charge is 0.325 e. The maximum absolute atomic E-state index is 13.4. The summed E-state index contributed by atoms with van der Waals surface area (Å²) in [6, 6.07) is 16.4. The van der Waals surface area contributed by atoms with Crippen molar-refractivity contribution in [1.82, 2.24) is 4.31 Å². The highest BCUT2D eigenvalue weighted by Gasteiger charge is 2.28. The van der Waals surface area contributed by atoms with E-state index in [4.69, 9.17) is 34.8 Å². The zero-order valence-corrected chi connectivity index (χ0v) is 20.5. The van der Waals surface area contributed by atoms with Crippen molar-refractivity contribution < 1.29 is 13.2 Å². The van der Waals surface area contributed by atoms with E-state index in [1.165, 1.54) is 12.1 Å². The van der Waals surface area contributed by atoms with Gasteiger partial charge in [0.2, 0.25) is 15.9 Å². The molecule has 0 unspecified atom stereocenters. The first-order chi connectivity index (χ1) is 15.1. The molecular formula is C23H21Cl3N2O3S. The summed E-state index contributed by atoms with van der Waals surface area (Å²) in [6.07, 6.45) is 0. The molecule has 1 amide bonds. The second-order valence-corrected chi connectivity index (χ2v) is 10.4. The van der Waals surface area contributed by atoms with Gasteiger partial charge in [-0.25, -0.2) is 8.42 Å². The topological polar surface area (TPSA) is 66.5 Å². The van der Waals surface area contributed by atoms with Crippen molar-refractivity contribution in [3.8, 4) is 0 Å². The van der Waals surface area contributed by atoms with Crippen LogP contribution in [-0.2, 0) is 21.4 Å². The molecule has 3 aromatic rings. The van der Waals surface area contributed by atoms with Crippen LogP contribution in [0.4, 0.5) is 5.69 Å². The third-order valence-corrected chi connectivity index (χ3v) is 7.84. The number of halogens is 3. The third-order valence-electron chi connectivity index (χ3n) is 4.92. The van der Waals surface area contributed by atoms with Crippen molar-refractivity contribution >= 4 is 56.4 Å². The minimum absolute atomic E-state index is 0.0676. The predicted octanol–water partition coefficient (Wildman–Crippen LogP) is 6.09. The summed E-state index contributed by atoms with van der Waals surface area (Å²) in [6.45, 7) is 3.01. The number of hydrogen-bond acceptors (Lipinski definition) is 3. The summed E-state index contributed by atoms with van der Waals surface area (Å²) in [5, 5.41) is 3.85. The van der Waals surface area contributed by atoms with E-state index in [-0.39, 0.29) is 11.4 Å². The highest BCUT2D eigenvalue weighted by atomic mass is 35.5. The van der Waals surface area contributed by atoms with Crippen LogP contribution in [-0.4, -0.2) is 25.2 Å². The Balaban J connectivity index is 1.95. The lowest BCUT2D eigenvalue weighted by Crippen LogP contribution is -2.37. The number of carbonyl (C=O) groups is 1. The van der Waals surface area contributed by atoms with E-state index in [0.717, 1.165) is 9.87 Å². The average Bonchev–Trinajstić information content (AvgIpc) is 2.73. The van der Waals surface area contributed by atoms with E-state index in [9.17, 15) is 13.2 Å². The van der Waals surface area contributed by atoms with Crippen molar-refractivity contribution in [3.05, 3.63) is 92.4 Å². The second kappa shape index (κ2) is 10.2. The number of rotatable bonds is 7. The van der Waals surface area contributed by atoms with Gasteiger partial charge in [-0.1, -0.05) is 64.6 Å². The number of nitrogens with zero attached hydrogens (tertiary/aromatic N) is 1. The van der Waals surface area contributed by atoms with Crippen LogP contribution in [0, 0.1) is 13.8 Å². The van der Waals surface area contributed by atoms with Gasteiger partial charge in [-0.05, 0) is 55.8 Å². The van der Waals surface area contributed by atoms with E-state index in [1.54, 1.807) is 55.5 Å². The van der Waals surface area contributed by atoms with Crippen molar-refractivity contribution in [2.75, 3.05) is 11.9 Å². The number of sulfonamides is 1. The van der Waals surface area contributed by atoms with Gasteiger partial charge >= 0.3 is 0 Å². The van der Waals surface area contributed by atoms with E-state index in [0.29, 0.717) is 31.9 Å². The van der Waals surface area contributed by atoms with Gasteiger partial charge in [0.25, 0.3) is 0 Å². The van der Waals surface area contributed by atoms with Gasteiger partial charge in [-0.2, -0.15) is 4.31 Å². The van der Waals surface area contributed by atoms with Crippen LogP contribution in [0.2, 0.25) is 15.1 Å². The Bertz CT molecular complexity index is 1230. The minimum atomic E-state index is -4.03. The fraction of sp³-hybridized carbons (Fsp3) is 0.174. The molecule has 0 spiro atoms. The number of anilines is 1. The zero-order valence-electron chi connectivity index (χ0n) is 17.4. The van der Waals surface area contributed by atoms with E-state index in [2.05, 4.69) is 5.32 Å². The van der Waals surface area contributed by atoms with Crippen LogP contribution < -0.4 is 5.32 Å². The van der Waals surface area contributed by atoms with Gasteiger partial charge in [0.05, 0.1) is 11.4 Å². The smallest absolute Gasteiger partial charge is 0.243 e. The third kappa shape index (κ3) is 5.63. The van der Waals surface area contributed by atoms with Gasteiger partial charge in [-0.3, -0.25) is 4.79 Å². The Morgan fingerprint density at radius 1 is 0.875 bits per heavy atom. The molecule has 0 aliphatic heterocycles. The van der Waals surface area contributed by atoms with E-state index < -0.39 is 22.5 Å². The lowest BCUT2D eigenvalue weighted by Gasteiger charge is -2.23. The van der Waals surface area contributed by atoms with Crippen LogP contribution in [0.1, 0.15) is 16.7 Å². The Morgan fingerprint density at radius 3 is 2.06 bits per heavy atom. The lowest BCUT2D eigenvalue weighted by molar-refractivity contribution is -0.116. The Labute approximate surface area is 203 Å². The zero-order chi connectivity index (χ0) is 23.5. The lowest BCUT2D eigenvalue weighted by atomic mass is 10.2. The van der Waals surface area contributed by atoms with Gasteiger partial charge in [0.15, 0.2) is 0 Å². The molecule has 0 aliphatic carbocycles. The van der Waals surface area contributed by atoms with Crippen LogP contribution in [0.3, 0.4) is 0 Å². The van der Waals surface area contributed by atoms with Crippen LogP contribution in [0.25, 0.3) is 0 Å². The predicted molar refractivity (Wildman–Crippen MR) is 130 cm³/mol. The first-order valence-electron chi connectivity index (χ1n) is 9.64. The standard InChI is InChI=1S/C23H21Cl3N2O3S/c1-15-9-11-17(12-10-15)32(30,31)28(13-18-20(25)6-3-7-21(18)26)14-23(29)27-22-8-4-5-19(24)16(22)2/h3-12H,13-14H2,1-2H3,(H,27,29). The first-order valence-corrected chi connectivity index (χ1v) is 12.2. The maximum atomic E-state index is 13.4. The normalized spacial score (nSPS) is 11.6. The van der Waals surface area contributed by atoms with Crippen molar-refractivity contribution in [2.24, 2.45) is 0 Å². The molecule has 0 bridgehead atoms. The summed E-state index contributed by atoms with van der Waals surface area (Å²) in [7, 11) is -4.03. The minimum Gasteiger partial charge on any atom is -0.325 e. The van der Waals surface area contributed by atoms with Crippen LogP contribution in [0.15, 0.2) is 65.6 Å². The summed E-state index contributed by atoms with van der Waals surface area (Å²) < 4.78 is 27.9. The molecule has 0 atom stereocenters. The first kappa shape index (κ1) is 24.6. The number of amides is 1. The molecule has 9 heteroatoms. The highest BCUT2D eigenvalue weighted by Crippen LogP contribution is 2.29. The molecule has 32 heavy (non-hydrogen) atoms. The Hall–Kier alpha value is -2.09. The molecule has 0 aromatic heterocycles. The number of carbonyl (C=O) groups excluding carboxylic acids is 1. The fourth-order valence-corrected chi connectivity index (χ4v) is 5.09. The quantitative estimate of drug-likeness (QED) is 0.417. The number of hydrogen-bond donors (Lipinski definition) is 1. The number of nitrogens with one attached hydrogen (secondary N) is 1. The fourth-order valence-electron chi connectivity index (χ4n) is 3.04. The highest BCUT2D eigenvalue weighted by molar-refractivity contribution is 7.89. The molecule has 0 fully saturated rings. The molecule has 168 valence electrons. The van der Waals surface area contributed by atoms with Crippen LogP contribution >= 0.6 is 34.8 Å². The summed E-state index contributed by atoms with van der Waals surface area (Å²) >= 11 is 18.7. The van der Waals surface area contributed by atoms with Gasteiger partial charge < -0.3 is 5.32 Å². The van der Waals surface area contributed by atoms with E-state index >= 15 is 0 Å². The molecular weight excluding hydrogens is 491 g/mol. The van der Waals surface area contributed by atoms with Crippen LogP contribution in [0.5, 0.6) is 0 Å². The SMILES string of the molecule is Cc1ccc(S(=O)(=O)N(CC(=O)Nc2cccc(Cl)c2C)Cc2c(Cl)cccc2Cl)cc1. The number of aryl methyl sites for hydroxylation is 1. The van der Waals surface area contributed by atoms with Gasteiger partial charge in [-0.15, -0.1) is 0 Å².